The van der Waals surface area contributed by atoms with Gasteiger partial charge in [-0.15, -0.1) is 0 Å². The highest BCUT2D eigenvalue weighted by Crippen LogP contribution is 2.51. The maximum absolute atomic E-state index is 13.3. The predicted molar refractivity (Wildman–Crippen MR) is 120 cm³/mol. The Morgan fingerprint density at radius 1 is 1.09 bits per heavy atom. The fourth-order valence-electron chi connectivity index (χ4n) is 4.68. The highest BCUT2D eigenvalue weighted by molar-refractivity contribution is 7.88. The second-order valence-corrected chi connectivity index (χ2v) is 10.6. The van der Waals surface area contributed by atoms with Crippen molar-refractivity contribution in [1.29, 1.82) is 0 Å². The molecule has 4 rings (SSSR count). The van der Waals surface area contributed by atoms with Crippen LogP contribution in [0, 0.1) is 5.92 Å². The van der Waals surface area contributed by atoms with Gasteiger partial charge in [0.05, 0.1) is 6.26 Å². The Morgan fingerprint density at radius 2 is 1.84 bits per heavy atom. The molecule has 0 bridgehead atoms. The summed E-state index contributed by atoms with van der Waals surface area (Å²) >= 11 is 0. The Bertz CT molecular complexity index is 1080. The van der Waals surface area contributed by atoms with Crippen molar-refractivity contribution in [3.63, 3.8) is 0 Å². The van der Waals surface area contributed by atoms with E-state index < -0.39 is 16.4 Å². The number of halogens is 2. The van der Waals surface area contributed by atoms with Gasteiger partial charge in [-0.2, -0.15) is 0 Å². The van der Waals surface area contributed by atoms with E-state index in [0.717, 1.165) is 29.4 Å². The fraction of sp³-hybridized carbons (Fsp3) is 0.458. The summed E-state index contributed by atoms with van der Waals surface area (Å²) in [5.41, 5.74) is 2.54. The van der Waals surface area contributed by atoms with Gasteiger partial charge in [-0.05, 0) is 54.4 Å². The highest BCUT2D eigenvalue weighted by atomic mass is 32.2. The SMILES string of the molecule is CS(=O)(=O)N[C@@H]1CCCN(C(=O)[C@@H]2C[C@H]2c2ccc(C(F)F)cc2-c2ccccc2)CC1. The number of sulfonamides is 1. The molecule has 1 aliphatic heterocycles. The summed E-state index contributed by atoms with van der Waals surface area (Å²) in [5.74, 6) is -0.0705. The Morgan fingerprint density at radius 3 is 2.53 bits per heavy atom. The molecule has 1 saturated heterocycles. The second kappa shape index (κ2) is 9.27. The number of nitrogens with one attached hydrogen (secondary N) is 1. The molecule has 2 aliphatic rings. The van der Waals surface area contributed by atoms with E-state index in [9.17, 15) is 22.0 Å². The number of carbonyl (C=O) groups is 1. The zero-order chi connectivity index (χ0) is 22.9. The highest BCUT2D eigenvalue weighted by Gasteiger charge is 2.47. The molecule has 32 heavy (non-hydrogen) atoms. The van der Waals surface area contributed by atoms with Crippen LogP contribution in [-0.4, -0.2) is 44.6 Å². The molecule has 2 fully saturated rings. The van der Waals surface area contributed by atoms with Gasteiger partial charge in [0.15, 0.2) is 0 Å². The van der Waals surface area contributed by atoms with Crippen molar-refractivity contribution in [2.75, 3.05) is 19.3 Å². The van der Waals surface area contributed by atoms with Crippen molar-refractivity contribution in [3.8, 4) is 11.1 Å². The first kappa shape index (κ1) is 22.9. The zero-order valence-electron chi connectivity index (χ0n) is 18.0. The van der Waals surface area contributed by atoms with Crippen molar-refractivity contribution in [1.82, 2.24) is 9.62 Å². The second-order valence-electron chi connectivity index (χ2n) is 8.81. The van der Waals surface area contributed by atoms with Crippen molar-refractivity contribution >= 4 is 15.9 Å². The van der Waals surface area contributed by atoms with E-state index in [1.807, 2.05) is 35.2 Å². The first-order valence-corrected chi connectivity index (χ1v) is 12.9. The largest absolute Gasteiger partial charge is 0.342 e. The Labute approximate surface area is 187 Å². The summed E-state index contributed by atoms with van der Waals surface area (Å²) in [6.45, 7) is 1.13. The Kier molecular flexibility index (Phi) is 6.62. The molecule has 1 N–H and O–H groups in total. The summed E-state index contributed by atoms with van der Waals surface area (Å²) in [5, 5.41) is 0. The van der Waals surface area contributed by atoms with Crippen LogP contribution in [0.25, 0.3) is 11.1 Å². The van der Waals surface area contributed by atoms with Crippen molar-refractivity contribution in [2.24, 2.45) is 5.92 Å². The molecule has 172 valence electrons. The number of carbonyl (C=O) groups excluding carboxylic acids is 1. The van der Waals surface area contributed by atoms with Crippen LogP contribution in [0.15, 0.2) is 48.5 Å². The first-order chi connectivity index (χ1) is 15.2. The van der Waals surface area contributed by atoms with E-state index in [4.69, 9.17) is 0 Å². The lowest BCUT2D eigenvalue weighted by molar-refractivity contribution is -0.132. The van der Waals surface area contributed by atoms with Gasteiger partial charge in [-0.3, -0.25) is 4.79 Å². The van der Waals surface area contributed by atoms with Crippen LogP contribution in [0.5, 0.6) is 0 Å². The lowest BCUT2D eigenvalue weighted by Crippen LogP contribution is -2.36. The smallest absolute Gasteiger partial charge is 0.263 e. The maximum atomic E-state index is 13.3. The third-order valence-corrected chi connectivity index (χ3v) is 7.10. The van der Waals surface area contributed by atoms with Gasteiger partial charge in [-0.1, -0.05) is 42.5 Å². The third-order valence-electron chi connectivity index (χ3n) is 6.34. The van der Waals surface area contributed by atoms with Crippen LogP contribution < -0.4 is 4.72 Å². The molecule has 0 radical (unpaired) electrons. The summed E-state index contributed by atoms with van der Waals surface area (Å²) in [6, 6.07) is 14.0. The minimum absolute atomic E-state index is 0.0117. The normalized spacial score (nSPS) is 23.8. The topological polar surface area (TPSA) is 66.5 Å². The standard InChI is InChI=1S/C24H28F2N2O3S/c1-32(30,31)27-18-8-5-12-28(13-11-18)24(29)22-15-21(22)19-10-9-17(23(25)26)14-20(19)16-6-3-2-4-7-16/h2-4,6-7,9-10,14,18,21-23,27H,5,8,11-13,15H2,1H3/t18-,21+,22-/m1/s1. The third kappa shape index (κ3) is 5.35. The van der Waals surface area contributed by atoms with Gasteiger partial charge in [-0.25, -0.2) is 21.9 Å². The molecular weight excluding hydrogens is 434 g/mol. The van der Waals surface area contributed by atoms with Gasteiger partial charge in [0.1, 0.15) is 0 Å². The van der Waals surface area contributed by atoms with Crippen LogP contribution in [0.1, 0.15) is 49.2 Å². The molecule has 3 atom stereocenters. The van der Waals surface area contributed by atoms with Crippen LogP contribution in [0.4, 0.5) is 8.78 Å². The van der Waals surface area contributed by atoms with Gasteiger partial charge >= 0.3 is 0 Å². The van der Waals surface area contributed by atoms with Gasteiger partial charge < -0.3 is 4.90 Å². The van der Waals surface area contributed by atoms with E-state index in [-0.39, 0.29) is 29.3 Å². The van der Waals surface area contributed by atoms with Gasteiger partial charge in [0.25, 0.3) is 6.43 Å². The van der Waals surface area contributed by atoms with E-state index in [0.29, 0.717) is 32.4 Å². The number of rotatable bonds is 6. The zero-order valence-corrected chi connectivity index (χ0v) is 18.8. The van der Waals surface area contributed by atoms with E-state index in [2.05, 4.69) is 4.72 Å². The lowest BCUT2D eigenvalue weighted by atomic mass is 9.93. The number of hydrogen-bond donors (Lipinski definition) is 1. The minimum Gasteiger partial charge on any atom is -0.342 e. The Balaban J connectivity index is 1.49. The van der Waals surface area contributed by atoms with Gasteiger partial charge in [0.2, 0.25) is 15.9 Å². The number of benzene rings is 2. The van der Waals surface area contributed by atoms with E-state index in [1.165, 1.54) is 6.07 Å². The van der Waals surface area contributed by atoms with Crippen LogP contribution >= 0.6 is 0 Å². The summed E-state index contributed by atoms with van der Waals surface area (Å²) in [6.07, 6.45) is 1.35. The number of likely N-dealkylation sites (tertiary alicyclic amines) is 1. The lowest BCUT2D eigenvalue weighted by Gasteiger charge is -2.21. The number of amides is 1. The maximum Gasteiger partial charge on any atom is 0.263 e. The molecule has 1 aliphatic carbocycles. The van der Waals surface area contributed by atoms with Crippen molar-refractivity contribution in [3.05, 3.63) is 59.7 Å². The van der Waals surface area contributed by atoms with Crippen LogP contribution in [0.2, 0.25) is 0 Å². The molecule has 2 aromatic carbocycles. The Hall–Kier alpha value is -2.32. The summed E-state index contributed by atoms with van der Waals surface area (Å²) in [7, 11) is -3.27. The van der Waals surface area contributed by atoms with Gasteiger partial charge in [0, 0.05) is 30.6 Å². The molecule has 1 saturated carbocycles. The average Bonchev–Trinajstić information content (AvgIpc) is 3.57. The van der Waals surface area contributed by atoms with Crippen LogP contribution in [-0.2, 0) is 14.8 Å². The summed E-state index contributed by atoms with van der Waals surface area (Å²) in [4.78, 5) is 15.0. The van der Waals surface area contributed by atoms with E-state index in [1.54, 1.807) is 12.1 Å². The molecule has 0 unspecified atom stereocenters. The number of nitrogens with zero attached hydrogens (tertiary/aromatic N) is 1. The predicted octanol–water partition coefficient (Wildman–Crippen LogP) is 4.33. The summed E-state index contributed by atoms with van der Waals surface area (Å²) < 4.78 is 52.3. The monoisotopic (exact) mass is 462 g/mol. The molecule has 0 aromatic heterocycles. The molecule has 8 heteroatoms. The molecule has 5 nitrogen and oxygen atoms in total. The quantitative estimate of drug-likeness (QED) is 0.695. The minimum atomic E-state index is -3.27. The fourth-order valence-corrected chi connectivity index (χ4v) is 5.53. The molecule has 0 spiro atoms. The number of hydrogen-bond acceptors (Lipinski definition) is 3. The molecule has 1 heterocycles. The molecular formula is C24H28F2N2O3S. The first-order valence-electron chi connectivity index (χ1n) is 11.0. The molecule has 2 aromatic rings. The van der Waals surface area contributed by atoms with E-state index >= 15 is 0 Å². The molecule has 1 amide bonds. The van der Waals surface area contributed by atoms with Crippen molar-refractivity contribution in [2.45, 2.75) is 44.1 Å². The average molecular weight is 463 g/mol. The van der Waals surface area contributed by atoms with Crippen LogP contribution in [0.3, 0.4) is 0 Å². The number of alkyl halides is 2. The van der Waals surface area contributed by atoms with Crippen molar-refractivity contribution < 1.29 is 22.0 Å².